The highest BCUT2D eigenvalue weighted by atomic mass is 16.5. The van der Waals surface area contributed by atoms with E-state index in [-0.39, 0.29) is 99.3 Å². The molecule has 0 radical (unpaired) electrons. The minimum Gasteiger partial charge on any atom is -0.481 e. The number of rotatable bonds is 14. The second-order valence-electron chi connectivity index (χ2n) is 34.0. The average Bonchev–Trinajstić information content (AvgIpc) is 1.97. The van der Waals surface area contributed by atoms with Crippen molar-refractivity contribution in [2.45, 2.75) is 292 Å². The number of carbonyl (C=O) groups is 3. The minimum atomic E-state index is -0.742. The molecule has 0 spiro atoms. The molecule has 12 rings (SSSR count). The van der Waals surface area contributed by atoms with E-state index < -0.39 is 5.97 Å². The molecule has 0 bridgehead atoms. The maximum atomic E-state index is 14.7. The molecule has 0 heterocycles. The molecule has 10 nitrogen and oxygen atoms in total. The smallest absolute Gasteiger partial charge is 0.306 e. The molecule has 0 unspecified atom stereocenters. The molecule has 82 heavy (non-hydrogen) atoms. The topological polar surface area (TPSA) is 171 Å². The second-order valence-corrected chi connectivity index (χ2v) is 34.0. The van der Waals surface area contributed by atoms with Gasteiger partial charge in [-0.1, -0.05) is 62.3 Å². The molecular formula is C72H116O10. The van der Waals surface area contributed by atoms with E-state index >= 15 is 0 Å². The monoisotopic (exact) mass is 1140 g/mol. The molecule has 0 aromatic rings. The molecule has 12 fully saturated rings. The molecule has 0 aliphatic heterocycles. The summed E-state index contributed by atoms with van der Waals surface area (Å²) in [4.78, 5) is 40.6. The third kappa shape index (κ3) is 9.71. The van der Waals surface area contributed by atoms with E-state index in [4.69, 9.17) is 9.47 Å². The van der Waals surface area contributed by atoms with E-state index in [0.717, 1.165) is 135 Å². The zero-order chi connectivity index (χ0) is 58.2. The van der Waals surface area contributed by atoms with E-state index in [1.54, 1.807) is 0 Å². The van der Waals surface area contributed by atoms with E-state index in [1.165, 1.54) is 32.1 Å². The number of ether oxygens (including phenoxy) is 2. The van der Waals surface area contributed by atoms with Crippen molar-refractivity contribution in [2.24, 2.45) is 139 Å². The number of carboxylic acid groups (broad SMARTS) is 1. The highest BCUT2D eigenvalue weighted by molar-refractivity contribution is 5.70. The van der Waals surface area contributed by atoms with Gasteiger partial charge in [-0.2, -0.15) is 0 Å². The fourth-order valence-electron chi connectivity index (χ4n) is 26.8. The van der Waals surface area contributed by atoms with Crippen LogP contribution in [0, 0.1) is 139 Å². The van der Waals surface area contributed by atoms with Crippen molar-refractivity contribution in [3.63, 3.8) is 0 Å². The van der Waals surface area contributed by atoms with Crippen molar-refractivity contribution in [2.75, 3.05) is 0 Å². The summed E-state index contributed by atoms with van der Waals surface area (Å²) in [6.45, 7) is 21.7. The predicted octanol–water partition coefficient (Wildman–Crippen LogP) is 14.4. The van der Waals surface area contributed by atoms with Gasteiger partial charge in [0.2, 0.25) is 0 Å². The van der Waals surface area contributed by atoms with Crippen LogP contribution in [0.2, 0.25) is 0 Å². The Kier molecular flexibility index (Phi) is 16.5. The van der Waals surface area contributed by atoms with Gasteiger partial charge in [-0.3, -0.25) is 14.4 Å². The molecule has 0 saturated heterocycles. The van der Waals surface area contributed by atoms with Crippen LogP contribution in [0.15, 0.2) is 0 Å². The average molecular weight is 1140 g/mol. The quantitative estimate of drug-likeness (QED) is 0.105. The molecule has 12 saturated carbocycles. The molecular weight excluding hydrogens is 1020 g/mol. The first kappa shape index (κ1) is 60.5. The number of hydrogen-bond donors (Lipinski definition) is 5. The van der Waals surface area contributed by atoms with Crippen LogP contribution in [0.3, 0.4) is 0 Å². The third-order valence-electron chi connectivity index (χ3n) is 31.4. The fraction of sp³-hybridized carbons (Fsp3) is 0.958. The van der Waals surface area contributed by atoms with Gasteiger partial charge in [-0.15, -0.1) is 0 Å². The van der Waals surface area contributed by atoms with Gasteiger partial charge in [0.1, 0.15) is 12.2 Å². The summed E-state index contributed by atoms with van der Waals surface area (Å²) in [5.74, 6) is 7.28. The van der Waals surface area contributed by atoms with E-state index in [1.807, 2.05) is 0 Å². The lowest BCUT2D eigenvalue weighted by Gasteiger charge is -2.63. The first-order valence-electron chi connectivity index (χ1n) is 35.2. The summed E-state index contributed by atoms with van der Waals surface area (Å²) < 4.78 is 13.5. The van der Waals surface area contributed by atoms with Crippen molar-refractivity contribution < 1.29 is 49.4 Å². The zero-order valence-corrected chi connectivity index (χ0v) is 52.8. The largest absolute Gasteiger partial charge is 0.481 e. The van der Waals surface area contributed by atoms with Crippen LogP contribution in [0.1, 0.15) is 255 Å². The fourth-order valence-corrected chi connectivity index (χ4v) is 26.8. The summed E-state index contributed by atoms with van der Waals surface area (Å²) >= 11 is 0. The van der Waals surface area contributed by atoms with Gasteiger partial charge in [-0.05, 0) is 307 Å². The lowest BCUT2D eigenvalue weighted by molar-refractivity contribution is -0.199. The number of aliphatic hydroxyl groups is 4. The summed E-state index contributed by atoms with van der Waals surface area (Å²) in [6, 6.07) is 0. The van der Waals surface area contributed by atoms with Crippen LogP contribution in [-0.4, -0.2) is 80.1 Å². The Hall–Kier alpha value is -1.75. The molecule has 5 N–H and O–H groups in total. The van der Waals surface area contributed by atoms with Crippen molar-refractivity contribution in [1.29, 1.82) is 0 Å². The SMILES string of the molecule is C[C@H](CCC(=O)O[C@@H]1CC[C@@]2(C)[C@H](CC[C@@H]3[C@@H]2C[C@H](OC(=O)CC[C@@H](C)[C@H]2CC[C@H]4[C@@H]5CC[C@@H]6C[C@H](O)CC[C@]6(C)[C@H]5C[C@H](O)[C@]24C)[C@]2(C)[C@@H]([C@H](C)CCC(=O)O)CC[C@@H]32)C1)[C@H]1CC[C@H]2[C@@H]3CC[C@@H]4C[C@H](O)CC[C@]4(C)[C@H]3C[C@H](O)[C@]12C. The van der Waals surface area contributed by atoms with Crippen LogP contribution in [0.4, 0.5) is 0 Å². The van der Waals surface area contributed by atoms with Crippen LogP contribution in [-0.2, 0) is 23.9 Å². The number of fused-ring (bicyclic) bond motifs is 15. The van der Waals surface area contributed by atoms with Crippen molar-refractivity contribution in [3.05, 3.63) is 0 Å². The van der Waals surface area contributed by atoms with E-state index in [2.05, 4.69) is 62.3 Å². The Morgan fingerprint density at radius 3 is 1.24 bits per heavy atom. The zero-order valence-electron chi connectivity index (χ0n) is 52.8. The molecule has 464 valence electrons. The van der Waals surface area contributed by atoms with Gasteiger partial charge in [0.25, 0.3) is 0 Å². The van der Waals surface area contributed by atoms with Gasteiger partial charge in [0.15, 0.2) is 0 Å². The standard InChI is InChI=1S/C72H116O10/c1-40(10-25-64(77)78)54-21-24-57-51-18-15-45-36-48(81-65(79)26-11-41(2)52-19-22-55-49-16-13-43-34-46(73)28-31-67(43,4)58(49)37-61(75)70(52,55)7)30-33-69(45,6)60(51)39-63(72(54,57)9)82-66(80)27-12-42(3)53-20-23-56-50-17-14-44-35-47(74)29-32-68(44,5)59(50)38-62(76)71(53,56)8/h40-63,73-76H,10-39H2,1-9H3,(H,77,78)/t40-,41-,42-,43-,44-,45-,46-,47-,48-,49+,50+,51+,52-,53-,54-,55+,56+,57+,58+,59+,60+,61+,62+,63+,67+,68+,69+,70-,71-,72-/m1/s1. The number of carbonyl (C=O) groups excluding carboxylic acids is 2. The third-order valence-corrected chi connectivity index (χ3v) is 31.4. The van der Waals surface area contributed by atoms with Crippen LogP contribution >= 0.6 is 0 Å². The number of aliphatic hydroxyl groups excluding tert-OH is 4. The van der Waals surface area contributed by atoms with Crippen molar-refractivity contribution in [3.8, 4) is 0 Å². The number of aliphatic carboxylic acids is 1. The van der Waals surface area contributed by atoms with Gasteiger partial charge >= 0.3 is 17.9 Å². The Balaban J connectivity index is 0.676. The number of esters is 2. The molecule has 0 amide bonds. The van der Waals surface area contributed by atoms with E-state index in [9.17, 15) is 39.9 Å². The Morgan fingerprint density at radius 2 is 0.793 bits per heavy atom. The second kappa shape index (κ2) is 22.4. The van der Waals surface area contributed by atoms with Gasteiger partial charge in [0, 0.05) is 24.7 Å². The lowest BCUT2D eigenvalue weighted by atomic mass is 9.43. The highest BCUT2D eigenvalue weighted by Crippen LogP contribution is 2.72. The van der Waals surface area contributed by atoms with Gasteiger partial charge < -0.3 is 35.0 Å². The summed E-state index contributed by atoms with van der Waals surface area (Å²) in [5.41, 5.74) is -0.0199. The normalized spacial score (nSPS) is 53.0. The molecule has 30 atom stereocenters. The first-order valence-corrected chi connectivity index (χ1v) is 35.2. The maximum absolute atomic E-state index is 14.7. The minimum absolute atomic E-state index is 0.0558. The van der Waals surface area contributed by atoms with Crippen LogP contribution < -0.4 is 0 Å². The molecule has 0 aromatic carbocycles. The van der Waals surface area contributed by atoms with E-state index in [0.29, 0.717) is 114 Å². The molecule has 10 heteroatoms. The van der Waals surface area contributed by atoms with Gasteiger partial charge in [-0.25, -0.2) is 0 Å². The van der Waals surface area contributed by atoms with Crippen molar-refractivity contribution in [1.82, 2.24) is 0 Å². The Labute approximate surface area is 495 Å². The first-order chi connectivity index (χ1) is 38.8. The van der Waals surface area contributed by atoms with Crippen molar-refractivity contribution >= 4 is 17.9 Å². The summed E-state index contributed by atoms with van der Waals surface area (Å²) in [5, 5.41) is 55.5. The predicted molar refractivity (Wildman–Crippen MR) is 318 cm³/mol. The number of carboxylic acids is 1. The summed E-state index contributed by atoms with van der Waals surface area (Å²) in [6.07, 6.45) is 26.9. The summed E-state index contributed by atoms with van der Waals surface area (Å²) in [7, 11) is 0. The number of hydrogen-bond acceptors (Lipinski definition) is 9. The molecule has 12 aliphatic rings. The van der Waals surface area contributed by atoms with Crippen LogP contribution in [0.5, 0.6) is 0 Å². The lowest BCUT2D eigenvalue weighted by Crippen LogP contribution is -2.59. The maximum Gasteiger partial charge on any atom is 0.306 e. The highest BCUT2D eigenvalue weighted by Gasteiger charge is 2.68. The Morgan fingerprint density at radius 1 is 0.415 bits per heavy atom. The Bertz CT molecular complexity index is 2340. The molecule has 12 aliphatic carbocycles. The van der Waals surface area contributed by atoms with Crippen LogP contribution in [0.25, 0.3) is 0 Å². The van der Waals surface area contributed by atoms with Gasteiger partial charge in [0.05, 0.1) is 24.4 Å². The molecule has 0 aromatic heterocycles.